The Hall–Kier alpha value is -2.34. The van der Waals surface area contributed by atoms with Gasteiger partial charge in [-0.25, -0.2) is 4.79 Å². The van der Waals surface area contributed by atoms with E-state index in [4.69, 9.17) is 11.6 Å². The van der Waals surface area contributed by atoms with Crippen LogP contribution in [0.4, 0.5) is 5.69 Å². The van der Waals surface area contributed by atoms with Crippen LogP contribution >= 0.6 is 11.6 Å². The molecule has 0 spiro atoms. The molecule has 0 bridgehead atoms. The van der Waals surface area contributed by atoms with E-state index in [9.17, 15) is 9.59 Å². The zero-order chi connectivity index (χ0) is 15.6. The van der Waals surface area contributed by atoms with Gasteiger partial charge in [0.25, 0.3) is 5.91 Å². The van der Waals surface area contributed by atoms with E-state index in [0.717, 1.165) is 0 Å². The standard InChI is InChI=1S/C14H14ClN3O3/c1-8-10(7-18(2)17-8)13(19)16-12-6-9(14(20)21-3)4-5-11(12)15/h4-7H,1-3H3,(H,16,19). The molecule has 1 N–H and O–H groups in total. The number of esters is 1. The highest BCUT2D eigenvalue weighted by Gasteiger charge is 2.15. The Morgan fingerprint density at radius 2 is 2.10 bits per heavy atom. The number of anilines is 1. The molecule has 7 heteroatoms. The molecule has 2 aromatic rings. The minimum absolute atomic E-state index is 0.306. The number of methoxy groups -OCH3 is 1. The van der Waals surface area contributed by atoms with Gasteiger partial charge in [0.15, 0.2) is 0 Å². The van der Waals surface area contributed by atoms with Gasteiger partial charge < -0.3 is 10.1 Å². The molecule has 1 amide bonds. The fourth-order valence-corrected chi connectivity index (χ4v) is 2.04. The Balaban J connectivity index is 2.28. The van der Waals surface area contributed by atoms with Crippen LogP contribution in [0, 0.1) is 6.92 Å². The molecule has 1 heterocycles. The number of ether oxygens (including phenoxy) is 1. The summed E-state index contributed by atoms with van der Waals surface area (Å²) in [7, 11) is 3.02. The molecular formula is C14H14ClN3O3. The monoisotopic (exact) mass is 307 g/mol. The second-order valence-electron chi connectivity index (χ2n) is 4.44. The molecule has 0 aliphatic carbocycles. The van der Waals surface area contributed by atoms with Gasteiger partial charge in [0.2, 0.25) is 0 Å². The highest BCUT2D eigenvalue weighted by atomic mass is 35.5. The topological polar surface area (TPSA) is 73.2 Å². The minimum atomic E-state index is -0.500. The van der Waals surface area contributed by atoms with E-state index < -0.39 is 5.97 Å². The maximum Gasteiger partial charge on any atom is 0.337 e. The minimum Gasteiger partial charge on any atom is -0.465 e. The molecule has 0 unspecified atom stereocenters. The number of nitrogens with one attached hydrogen (secondary N) is 1. The number of rotatable bonds is 3. The highest BCUT2D eigenvalue weighted by molar-refractivity contribution is 6.34. The lowest BCUT2D eigenvalue weighted by Crippen LogP contribution is -2.13. The van der Waals surface area contributed by atoms with Crippen molar-refractivity contribution in [3.8, 4) is 0 Å². The van der Waals surface area contributed by atoms with Crippen molar-refractivity contribution >= 4 is 29.2 Å². The van der Waals surface area contributed by atoms with Crippen LogP contribution in [-0.4, -0.2) is 28.8 Å². The number of hydrogen-bond acceptors (Lipinski definition) is 4. The molecule has 0 aliphatic heterocycles. The fourth-order valence-electron chi connectivity index (χ4n) is 1.88. The second kappa shape index (κ2) is 5.97. The van der Waals surface area contributed by atoms with Crippen LogP contribution in [0.2, 0.25) is 5.02 Å². The first-order valence-corrected chi connectivity index (χ1v) is 6.49. The smallest absolute Gasteiger partial charge is 0.337 e. The third-order valence-electron chi connectivity index (χ3n) is 2.89. The molecule has 0 saturated heterocycles. The summed E-state index contributed by atoms with van der Waals surface area (Å²) < 4.78 is 6.19. The lowest BCUT2D eigenvalue weighted by atomic mass is 10.2. The first kappa shape index (κ1) is 15.1. The molecule has 21 heavy (non-hydrogen) atoms. The maximum atomic E-state index is 12.2. The van der Waals surface area contributed by atoms with E-state index in [0.29, 0.717) is 27.5 Å². The first-order chi connectivity index (χ1) is 9.92. The van der Waals surface area contributed by atoms with E-state index in [1.165, 1.54) is 25.3 Å². The number of aryl methyl sites for hydroxylation is 2. The number of halogens is 1. The van der Waals surface area contributed by atoms with Crippen LogP contribution < -0.4 is 5.32 Å². The predicted octanol–water partition coefficient (Wildman–Crippen LogP) is 2.42. The van der Waals surface area contributed by atoms with Crippen molar-refractivity contribution in [1.29, 1.82) is 0 Å². The Kier molecular flexibility index (Phi) is 4.28. The van der Waals surface area contributed by atoms with Crippen molar-refractivity contribution in [2.75, 3.05) is 12.4 Å². The van der Waals surface area contributed by atoms with Gasteiger partial charge in [-0.05, 0) is 25.1 Å². The summed E-state index contributed by atoms with van der Waals surface area (Å²) in [5, 5.41) is 7.10. The van der Waals surface area contributed by atoms with E-state index in [1.807, 2.05) is 0 Å². The lowest BCUT2D eigenvalue weighted by Gasteiger charge is -2.08. The predicted molar refractivity (Wildman–Crippen MR) is 78.7 cm³/mol. The summed E-state index contributed by atoms with van der Waals surface area (Å²) in [6.07, 6.45) is 1.61. The third-order valence-corrected chi connectivity index (χ3v) is 3.22. The van der Waals surface area contributed by atoms with Gasteiger partial charge >= 0.3 is 5.97 Å². The van der Waals surface area contributed by atoms with Gasteiger partial charge in [-0.15, -0.1) is 0 Å². The average Bonchev–Trinajstić information content (AvgIpc) is 2.79. The Morgan fingerprint density at radius 3 is 2.67 bits per heavy atom. The molecule has 2 rings (SSSR count). The van der Waals surface area contributed by atoms with Gasteiger partial charge in [-0.3, -0.25) is 9.48 Å². The molecule has 0 radical (unpaired) electrons. The molecule has 6 nitrogen and oxygen atoms in total. The van der Waals surface area contributed by atoms with Crippen LogP contribution in [0.3, 0.4) is 0 Å². The molecule has 0 aliphatic rings. The van der Waals surface area contributed by atoms with Gasteiger partial charge in [-0.2, -0.15) is 5.10 Å². The number of aromatic nitrogens is 2. The second-order valence-corrected chi connectivity index (χ2v) is 4.85. The first-order valence-electron chi connectivity index (χ1n) is 6.12. The normalized spacial score (nSPS) is 10.3. The summed E-state index contributed by atoms with van der Waals surface area (Å²) in [6.45, 7) is 1.74. The van der Waals surface area contributed by atoms with Crippen molar-refractivity contribution in [3.63, 3.8) is 0 Å². The van der Waals surface area contributed by atoms with Crippen molar-refractivity contribution in [1.82, 2.24) is 9.78 Å². The number of hydrogen-bond donors (Lipinski definition) is 1. The zero-order valence-corrected chi connectivity index (χ0v) is 12.6. The molecule has 1 aromatic carbocycles. The highest BCUT2D eigenvalue weighted by Crippen LogP contribution is 2.24. The van der Waals surface area contributed by atoms with Crippen molar-refractivity contribution in [2.45, 2.75) is 6.92 Å². The number of carbonyl (C=O) groups excluding carboxylic acids is 2. The summed E-state index contributed by atoms with van der Waals surface area (Å²) >= 11 is 6.03. The molecule has 0 fully saturated rings. The lowest BCUT2D eigenvalue weighted by molar-refractivity contribution is 0.0600. The molecule has 0 saturated carbocycles. The summed E-state index contributed by atoms with van der Waals surface area (Å²) in [4.78, 5) is 23.7. The maximum absolute atomic E-state index is 12.2. The van der Waals surface area contributed by atoms with Gasteiger partial charge in [0.05, 0.1) is 34.6 Å². The summed E-state index contributed by atoms with van der Waals surface area (Å²) in [5.74, 6) is -0.843. The largest absolute Gasteiger partial charge is 0.465 e. The fraction of sp³-hybridized carbons (Fsp3) is 0.214. The zero-order valence-electron chi connectivity index (χ0n) is 11.8. The van der Waals surface area contributed by atoms with E-state index in [1.54, 1.807) is 24.9 Å². The Labute approximate surface area is 126 Å². The Morgan fingerprint density at radius 1 is 1.38 bits per heavy atom. The average molecular weight is 308 g/mol. The van der Waals surface area contributed by atoms with E-state index in [2.05, 4.69) is 15.2 Å². The number of benzene rings is 1. The quantitative estimate of drug-likeness (QED) is 0.884. The van der Waals surface area contributed by atoms with Crippen LogP contribution in [0.5, 0.6) is 0 Å². The summed E-state index contributed by atoms with van der Waals surface area (Å²) in [6, 6.07) is 4.52. The van der Waals surface area contributed by atoms with Gasteiger partial charge in [0.1, 0.15) is 0 Å². The number of carbonyl (C=O) groups is 2. The number of amides is 1. The number of nitrogens with zero attached hydrogens (tertiary/aromatic N) is 2. The molecular weight excluding hydrogens is 294 g/mol. The molecule has 1 aromatic heterocycles. The van der Waals surface area contributed by atoms with Crippen molar-refractivity contribution in [2.24, 2.45) is 7.05 Å². The molecule has 110 valence electrons. The van der Waals surface area contributed by atoms with Crippen LogP contribution in [0.25, 0.3) is 0 Å². The Bertz CT molecular complexity index is 709. The van der Waals surface area contributed by atoms with E-state index >= 15 is 0 Å². The summed E-state index contributed by atoms with van der Waals surface area (Å²) in [5.41, 5.74) is 1.69. The van der Waals surface area contributed by atoms with Crippen LogP contribution in [0.1, 0.15) is 26.4 Å². The van der Waals surface area contributed by atoms with Gasteiger partial charge in [0, 0.05) is 13.2 Å². The van der Waals surface area contributed by atoms with Gasteiger partial charge in [-0.1, -0.05) is 11.6 Å². The van der Waals surface area contributed by atoms with Crippen LogP contribution in [-0.2, 0) is 11.8 Å². The SMILES string of the molecule is COC(=O)c1ccc(Cl)c(NC(=O)c2cn(C)nc2C)c1. The third kappa shape index (κ3) is 3.22. The van der Waals surface area contributed by atoms with Crippen molar-refractivity contribution in [3.05, 3.63) is 46.2 Å². The van der Waals surface area contributed by atoms with Crippen LogP contribution in [0.15, 0.2) is 24.4 Å². The molecule has 0 atom stereocenters. The van der Waals surface area contributed by atoms with E-state index in [-0.39, 0.29) is 5.91 Å². The van der Waals surface area contributed by atoms with Crippen molar-refractivity contribution < 1.29 is 14.3 Å².